The Balaban J connectivity index is 3.47. The molecule has 0 aliphatic carbocycles. The first-order valence-electron chi connectivity index (χ1n) is 4.00. The molecule has 0 saturated heterocycles. The molecule has 0 heterocycles. The molecule has 0 rings (SSSR count). The van der Waals surface area contributed by atoms with Crippen molar-refractivity contribution < 1.29 is 4.79 Å². The lowest BCUT2D eigenvalue weighted by Gasteiger charge is -2.20. The molecule has 3 nitrogen and oxygen atoms in total. The minimum Gasteiger partial charge on any atom is -0.337 e. The van der Waals surface area contributed by atoms with Crippen LogP contribution in [0.5, 0.6) is 0 Å². The Morgan fingerprint density at radius 1 is 1.42 bits per heavy atom. The van der Waals surface area contributed by atoms with Gasteiger partial charge in [-0.1, -0.05) is 0 Å². The summed E-state index contributed by atoms with van der Waals surface area (Å²) in [4.78, 5) is 11.1. The van der Waals surface area contributed by atoms with E-state index in [0.29, 0.717) is 0 Å². The van der Waals surface area contributed by atoms with E-state index in [0.717, 1.165) is 12.3 Å². The van der Waals surface area contributed by atoms with Gasteiger partial charge in [-0.05, 0) is 27.0 Å². The summed E-state index contributed by atoms with van der Waals surface area (Å²) in [6, 6.07) is -0.0865. The van der Waals surface area contributed by atoms with E-state index in [1.165, 1.54) is 0 Å². The average molecular weight is 190 g/mol. The molecule has 0 radical (unpaired) electrons. The largest absolute Gasteiger partial charge is 0.337 e. The molecular formula is C8H18N2OS. The Labute approximate surface area is 78.7 Å². The first-order chi connectivity index (χ1) is 5.45. The maximum Gasteiger partial charge on any atom is 0.315 e. The average Bonchev–Trinajstić information content (AvgIpc) is 1.84. The molecule has 12 heavy (non-hydrogen) atoms. The molecule has 0 aliphatic rings. The molecule has 2 N–H and O–H groups in total. The van der Waals surface area contributed by atoms with Gasteiger partial charge in [0, 0.05) is 17.8 Å². The second-order valence-electron chi connectivity index (χ2n) is 3.62. The lowest BCUT2D eigenvalue weighted by atomic mass is 10.1. The Kier molecular flexibility index (Phi) is 5.13. The third kappa shape index (κ3) is 7.72. The van der Waals surface area contributed by atoms with Crippen LogP contribution < -0.4 is 10.6 Å². The molecule has 72 valence electrons. The minimum absolute atomic E-state index is 0.0865. The van der Waals surface area contributed by atoms with Crippen molar-refractivity contribution in [3.05, 3.63) is 0 Å². The highest BCUT2D eigenvalue weighted by Crippen LogP contribution is 1.97. The van der Waals surface area contributed by atoms with Crippen molar-refractivity contribution in [1.29, 1.82) is 0 Å². The van der Waals surface area contributed by atoms with Crippen LogP contribution in [0, 0.1) is 0 Å². The minimum atomic E-state index is -0.149. The van der Waals surface area contributed by atoms with Crippen LogP contribution in [0.25, 0.3) is 0 Å². The molecule has 4 heteroatoms. The highest BCUT2D eigenvalue weighted by atomic mass is 32.2. The van der Waals surface area contributed by atoms with Gasteiger partial charge in [-0.15, -0.1) is 0 Å². The Hall–Kier alpha value is -0.380. The maximum atomic E-state index is 11.1. The number of carbonyl (C=O) groups excluding carboxylic acids is 1. The van der Waals surface area contributed by atoms with E-state index in [1.54, 1.807) is 11.8 Å². The van der Waals surface area contributed by atoms with Gasteiger partial charge in [-0.3, -0.25) is 0 Å². The van der Waals surface area contributed by atoms with Gasteiger partial charge < -0.3 is 10.6 Å². The number of rotatable bonds is 3. The fourth-order valence-corrected chi connectivity index (χ4v) is 0.958. The summed E-state index contributed by atoms with van der Waals surface area (Å²) < 4.78 is 0. The third-order valence-electron chi connectivity index (χ3n) is 1.08. The topological polar surface area (TPSA) is 41.1 Å². The van der Waals surface area contributed by atoms with Crippen molar-refractivity contribution in [3.8, 4) is 0 Å². The summed E-state index contributed by atoms with van der Waals surface area (Å²) in [7, 11) is 0. The zero-order chi connectivity index (χ0) is 9.61. The van der Waals surface area contributed by atoms with Gasteiger partial charge >= 0.3 is 6.03 Å². The Morgan fingerprint density at radius 2 is 2.00 bits per heavy atom. The fourth-order valence-electron chi connectivity index (χ4n) is 0.651. The first-order valence-corrected chi connectivity index (χ1v) is 5.40. The van der Waals surface area contributed by atoms with Crippen molar-refractivity contribution in [2.75, 3.05) is 18.6 Å². The number of carbonyl (C=O) groups is 1. The van der Waals surface area contributed by atoms with Crippen LogP contribution in [0.2, 0.25) is 0 Å². The third-order valence-corrected chi connectivity index (χ3v) is 1.69. The zero-order valence-electron chi connectivity index (χ0n) is 8.23. The fraction of sp³-hybridized carbons (Fsp3) is 0.875. The number of amides is 2. The molecule has 0 aromatic heterocycles. The van der Waals surface area contributed by atoms with Gasteiger partial charge in [-0.25, -0.2) is 4.79 Å². The van der Waals surface area contributed by atoms with Crippen LogP contribution in [-0.2, 0) is 0 Å². The number of hydrogen-bond donors (Lipinski definition) is 2. The molecule has 0 aliphatic heterocycles. The van der Waals surface area contributed by atoms with E-state index < -0.39 is 0 Å². The summed E-state index contributed by atoms with van der Waals surface area (Å²) in [5, 5.41) is 5.59. The van der Waals surface area contributed by atoms with Crippen molar-refractivity contribution in [2.45, 2.75) is 26.3 Å². The predicted molar refractivity (Wildman–Crippen MR) is 54.7 cm³/mol. The van der Waals surface area contributed by atoms with E-state index in [9.17, 15) is 4.79 Å². The Bertz CT molecular complexity index is 142. The molecule has 0 spiro atoms. The standard InChI is InChI=1S/C8H18N2OS/c1-8(2,3)10-7(11)9-5-6-12-4/h5-6H2,1-4H3,(H2,9,10,11). The second kappa shape index (κ2) is 5.30. The second-order valence-corrected chi connectivity index (χ2v) is 4.61. The van der Waals surface area contributed by atoms with Gasteiger partial charge in [0.1, 0.15) is 0 Å². The number of urea groups is 1. The summed E-state index contributed by atoms with van der Waals surface area (Å²) >= 11 is 1.72. The number of thioether (sulfide) groups is 1. The molecule has 0 bridgehead atoms. The first kappa shape index (κ1) is 11.6. The molecule has 0 aromatic carbocycles. The highest BCUT2D eigenvalue weighted by Gasteiger charge is 2.12. The van der Waals surface area contributed by atoms with Crippen LogP contribution in [0.4, 0.5) is 4.79 Å². The van der Waals surface area contributed by atoms with Crippen molar-refractivity contribution in [2.24, 2.45) is 0 Å². The highest BCUT2D eigenvalue weighted by molar-refractivity contribution is 7.98. The van der Waals surface area contributed by atoms with E-state index in [1.807, 2.05) is 27.0 Å². The molecule has 0 saturated carbocycles. The zero-order valence-corrected chi connectivity index (χ0v) is 9.05. The normalized spacial score (nSPS) is 11.0. The molecular weight excluding hydrogens is 172 g/mol. The van der Waals surface area contributed by atoms with E-state index in [2.05, 4.69) is 10.6 Å². The maximum absolute atomic E-state index is 11.1. The van der Waals surface area contributed by atoms with Crippen LogP contribution in [-0.4, -0.2) is 30.1 Å². The monoisotopic (exact) mass is 190 g/mol. The predicted octanol–water partition coefficient (Wildman–Crippen LogP) is 1.45. The van der Waals surface area contributed by atoms with Gasteiger partial charge in [0.25, 0.3) is 0 Å². The molecule has 0 atom stereocenters. The van der Waals surface area contributed by atoms with Crippen LogP contribution in [0.1, 0.15) is 20.8 Å². The van der Waals surface area contributed by atoms with E-state index >= 15 is 0 Å². The lowest BCUT2D eigenvalue weighted by molar-refractivity contribution is 0.232. The van der Waals surface area contributed by atoms with Crippen LogP contribution in [0.15, 0.2) is 0 Å². The van der Waals surface area contributed by atoms with Gasteiger partial charge in [0.15, 0.2) is 0 Å². The quantitative estimate of drug-likeness (QED) is 0.661. The Morgan fingerprint density at radius 3 is 2.42 bits per heavy atom. The van der Waals surface area contributed by atoms with Gasteiger partial charge in [0.2, 0.25) is 0 Å². The molecule has 2 amide bonds. The molecule has 0 unspecified atom stereocenters. The number of nitrogens with one attached hydrogen (secondary N) is 2. The SMILES string of the molecule is CSCCNC(=O)NC(C)(C)C. The number of hydrogen-bond acceptors (Lipinski definition) is 2. The van der Waals surface area contributed by atoms with E-state index in [4.69, 9.17) is 0 Å². The smallest absolute Gasteiger partial charge is 0.315 e. The van der Waals surface area contributed by atoms with Crippen LogP contribution >= 0.6 is 11.8 Å². The van der Waals surface area contributed by atoms with Crippen molar-refractivity contribution in [1.82, 2.24) is 10.6 Å². The van der Waals surface area contributed by atoms with Crippen molar-refractivity contribution >= 4 is 17.8 Å². The summed E-state index contributed by atoms with van der Waals surface area (Å²) in [6.45, 7) is 6.60. The van der Waals surface area contributed by atoms with Crippen molar-refractivity contribution in [3.63, 3.8) is 0 Å². The van der Waals surface area contributed by atoms with Gasteiger partial charge in [-0.2, -0.15) is 11.8 Å². The molecule has 0 fully saturated rings. The van der Waals surface area contributed by atoms with Crippen LogP contribution in [0.3, 0.4) is 0 Å². The van der Waals surface area contributed by atoms with Gasteiger partial charge in [0.05, 0.1) is 0 Å². The summed E-state index contributed by atoms with van der Waals surface area (Å²) in [5.74, 6) is 0.956. The van der Waals surface area contributed by atoms with E-state index in [-0.39, 0.29) is 11.6 Å². The summed E-state index contributed by atoms with van der Waals surface area (Å²) in [5.41, 5.74) is -0.149. The summed E-state index contributed by atoms with van der Waals surface area (Å²) in [6.07, 6.45) is 2.02. The molecule has 0 aromatic rings. The lowest BCUT2D eigenvalue weighted by Crippen LogP contribution is -2.46.